The van der Waals surface area contributed by atoms with Gasteiger partial charge < -0.3 is 23.4 Å². The number of para-hydroxylation sites is 3. The van der Waals surface area contributed by atoms with Gasteiger partial charge in [0.15, 0.2) is 11.5 Å². The van der Waals surface area contributed by atoms with Crippen LogP contribution < -0.4 is 24.4 Å². The molecule has 0 bridgehead atoms. The molecule has 4 aromatic rings. The predicted molar refractivity (Wildman–Crippen MR) is 133 cm³/mol. The van der Waals surface area contributed by atoms with Gasteiger partial charge in [-0.25, -0.2) is 0 Å². The molecule has 2 heterocycles. The Morgan fingerprint density at radius 3 is 2.40 bits per heavy atom. The van der Waals surface area contributed by atoms with Crippen molar-refractivity contribution in [2.75, 3.05) is 27.5 Å². The smallest absolute Gasteiger partial charge is 0.235 e. The van der Waals surface area contributed by atoms with Gasteiger partial charge in [-0.15, -0.1) is 0 Å². The molecule has 5 rings (SSSR count). The molecule has 7 heteroatoms. The average molecular weight is 474 g/mol. The third-order valence-electron chi connectivity index (χ3n) is 6.20. The first-order chi connectivity index (χ1) is 17.1. The van der Waals surface area contributed by atoms with Crippen LogP contribution in [-0.4, -0.2) is 32.4 Å². The highest BCUT2D eigenvalue weighted by molar-refractivity contribution is 5.83. The lowest BCUT2D eigenvalue weighted by molar-refractivity contribution is 0.0966. The Bertz CT molecular complexity index is 1430. The van der Waals surface area contributed by atoms with Crippen molar-refractivity contribution in [3.8, 4) is 28.7 Å². The molecule has 0 atom stereocenters. The van der Waals surface area contributed by atoms with Crippen LogP contribution in [0.25, 0.3) is 11.0 Å². The summed E-state index contributed by atoms with van der Waals surface area (Å²) in [5.41, 5.74) is 2.29. The molecule has 7 nitrogen and oxygen atoms in total. The van der Waals surface area contributed by atoms with Crippen LogP contribution in [0, 0.1) is 6.92 Å². The second-order valence-electron chi connectivity index (χ2n) is 8.38. The molecular formula is C28H27NO6. The van der Waals surface area contributed by atoms with Crippen molar-refractivity contribution in [1.82, 2.24) is 4.90 Å². The van der Waals surface area contributed by atoms with Crippen molar-refractivity contribution in [3.05, 3.63) is 87.8 Å². The van der Waals surface area contributed by atoms with Gasteiger partial charge in [-0.1, -0.05) is 30.3 Å². The topological polar surface area (TPSA) is 70.4 Å². The molecule has 35 heavy (non-hydrogen) atoms. The number of fused-ring (bicyclic) bond motifs is 3. The number of methoxy groups -OCH3 is 2. The van der Waals surface area contributed by atoms with Crippen LogP contribution in [0.3, 0.4) is 0 Å². The Kier molecular flexibility index (Phi) is 6.33. The van der Waals surface area contributed by atoms with Gasteiger partial charge in [0.05, 0.1) is 25.2 Å². The minimum Gasteiger partial charge on any atom is -0.496 e. The van der Waals surface area contributed by atoms with Crippen LogP contribution in [-0.2, 0) is 13.0 Å². The highest BCUT2D eigenvalue weighted by Gasteiger charge is 2.24. The van der Waals surface area contributed by atoms with Gasteiger partial charge in [0.25, 0.3) is 0 Å². The molecule has 1 aliphatic rings. The van der Waals surface area contributed by atoms with Crippen molar-refractivity contribution in [2.45, 2.75) is 19.9 Å². The van der Waals surface area contributed by atoms with Crippen LogP contribution in [0.2, 0.25) is 0 Å². The number of rotatable bonds is 7. The van der Waals surface area contributed by atoms with E-state index in [-0.39, 0.29) is 11.2 Å². The summed E-state index contributed by atoms with van der Waals surface area (Å²) in [5.74, 6) is 3.14. The molecule has 0 spiro atoms. The van der Waals surface area contributed by atoms with Crippen molar-refractivity contribution < 1.29 is 23.4 Å². The van der Waals surface area contributed by atoms with Crippen molar-refractivity contribution >= 4 is 11.0 Å². The van der Waals surface area contributed by atoms with Gasteiger partial charge in [-0.05, 0) is 49.2 Å². The molecule has 1 aliphatic heterocycles. The van der Waals surface area contributed by atoms with Gasteiger partial charge in [0, 0.05) is 13.1 Å². The molecule has 0 unspecified atom stereocenters. The summed E-state index contributed by atoms with van der Waals surface area (Å²) in [6, 6.07) is 18.8. The Hall–Kier alpha value is -3.97. The number of nitrogens with zero attached hydrogens (tertiary/aromatic N) is 1. The van der Waals surface area contributed by atoms with Crippen LogP contribution in [0.1, 0.15) is 16.9 Å². The van der Waals surface area contributed by atoms with E-state index in [9.17, 15) is 4.79 Å². The molecular weight excluding hydrogens is 446 g/mol. The summed E-state index contributed by atoms with van der Waals surface area (Å²) in [6.45, 7) is 3.57. The average Bonchev–Trinajstić information content (AvgIpc) is 2.90. The first kappa shape index (κ1) is 22.8. The maximum atomic E-state index is 13.4. The van der Waals surface area contributed by atoms with Crippen LogP contribution in [0.4, 0.5) is 0 Å². The first-order valence-corrected chi connectivity index (χ1v) is 11.5. The summed E-state index contributed by atoms with van der Waals surface area (Å²) < 4.78 is 29.0. The van der Waals surface area contributed by atoms with Gasteiger partial charge in [0.2, 0.25) is 11.2 Å². The molecule has 1 aromatic heterocycles. The van der Waals surface area contributed by atoms with Crippen molar-refractivity contribution in [1.29, 1.82) is 0 Å². The monoisotopic (exact) mass is 473 g/mol. The minimum absolute atomic E-state index is 0.145. The van der Waals surface area contributed by atoms with E-state index in [1.165, 1.54) is 0 Å². The van der Waals surface area contributed by atoms with Crippen molar-refractivity contribution in [2.24, 2.45) is 0 Å². The number of hydrogen-bond donors (Lipinski definition) is 0. The van der Waals surface area contributed by atoms with Gasteiger partial charge in [-0.3, -0.25) is 9.69 Å². The molecule has 0 saturated carbocycles. The third kappa shape index (κ3) is 4.42. The molecule has 0 saturated heterocycles. The van der Waals surface area contributed by atoms with Gasteiger partial charge in [-0.2, -0.15) is 0 Å². The fourth-order valence-electron chi connectivity index (χ4n) is 4.36. The number of aryl methyl sites for hydroxylation is 1. The zero-order valence-corrected chi connectivity index (χ0v) is 20.0. The molecule has 0 N–H and O–H groups in total. The molecule has 0 radical (unpaired) electrons. The lowest BCUT2D eigenvalue weighted by Crippen LogP contribution is -2.34. The lowest BCUT2D eigenvalue weighted by atomic mass is 10.1. The van der Waals surface area contributed by atoms with Crippen molar-refractivity contribution in [3.63, 3.8) is 0 Å². The maximum Gasteiger partial charge on any atom is 0.235 e. The molecule has 0 fully saturated rings. The number of benzene rings is 3. The Morgan fingerprint density at radius 2 is 1.63 bits per heavy atom. The van der Waals surface area contributed by atoms with E-state index in [0.717, 1.165) is 35.6 Å². The lowest BCUT2D eigenvalue weighted by Gasteiger charge is -2.29. The highest BCUT2D eigenvalue weighted by atomic mass is 16.5. The zero-order chi connectivity index (χ0) is 24.4. The van der Waals surface area contributed by atoms with E-state index >= 15 is 0 Å². The Balaban J connectivity index is 1.44. The van der Waals surface area contributed by atoms with E-state index in [0.29, 0.717) is 41.5 Å². The normalized spacial score (nSPS) is 13.2. The van der Waals surface area contributed by atoms with Crippen LogP contribution in [0.5, 0.6) is 28.7 Å². The molecule has 0 amide bonds. The fourth-order valence-corrected chi connectivity index (χ4v) is 4.36. The summed E-state index contributed by atoms with van der Waals surface area (Å²) in [5, 5.41) is 0.453. The largest absolute Gasteiger partial charge is 0.496 e. The molecule has 3 aromatic carbocycles. The van der Waals surface area contributed by atoms with Gasteiger partial charge in [0.1, 0.15) is 29.6 Å². The SMILES string of the molecule is COc1ccccc1CCN1COc2ccc3c(=O)c(Oc4ccccc4OC)c(C)oc3c2C1. The summed E-state index contributed by atoms with van der Waals surface area (Å²) in [6.07, 6.45) is 0.813. The number of hydrogen-bond acceptors (Lipinski definition) is 7. The standard InChI is InChI=1S/C28H27NO6/c1-18-27(35-25-11-7-6-10-24(25)32-3)26(30)20-12-13-23-21(28(20)34-18)16-29(17-33-23)15-14-19-8-4-5-9-22(19)31-2/h4-13H,14-17H2,1-3H3. The van der Waals surface area contributed by atoms with E-state index in [2.05, 4.69) is 11.0 Å². The summed E-state index contributed by atoms with van der Waals surface area (Å²) in [7, 11) is 3.24. The highest BCUT2D eigenvalue weighted by Crippen LogP contribution is 2.36. The van der Waals surface area contributed by atoms with Crippen LogP contribution >= 0.6 is 0 Å². The Labute approximate surface area is 203 Å². The first-order valence-electron chi connectivity index (χ1n) is 11.5. The maximum absolute atomic E-state index is 13.4. The van der Waals surface area contributed by atoms with Gasteiger partial charge >= 0.3 is 0 Å². The predicted octanol–water partition coefficient (Wildman–Crippen LogP) is 5.31. The minimum atomic E-state index is -0.233. The van der Waals surface area contributed by atoms with E-state index < -0.39 is 0 Å². The van der Waals surface area contributed by atoms with Crippen LogP contribution in [0.15, 0.2) is 69.9 Å². The second-order valence-corrected chi connectivity index (χ2v) is 8.38. The van der Waals surface area contributed by atoms with E-state index in [1.807, 2.05) is 36.4 Å². The molecule has 180 valence electrons. The second kappa shape index (κ2) is 9.72. The summed E-state index contributed by atoms with van der Waals surface area (Å²) in [4.78, 5) is 15.6. The third-order valence-corrected chi connectivity index (χ3v) is 6.20. The molecule has 0 aliphatic carbocycles. The van der Waals surface area contributed by atoms with E-state index in [1.54, 1.807) is 39.3 Å². The zero-order valence-electron chi connectivity index (χ0n) is 20.0. The summed E-state index contributed by atoms with van der Waals surface area (Å²) >= 11 is 0. The Morgan fingerprint density at radius 1 is 0.914 bits per heavy atom. The quantitative estimate of drug-likeness (QED) is 0.360. The fraction of sp³-hybridized carbons (Fsp3) is 0.250. The van der Waals surface area contributed by atoms with E-state index in [4.69, 9.17) is 23.4 Å². The number of ether oxygens (including phenoxy) is 4.